The summed E-state index contributed by atoms with van der Waals surface area (Å²) in [5.74, 6) is 0.0121. The summed E-state index contributed by atoms with van der Waals surface area (Å²) in [6.07, 6.45) is 1.38. The molecule has 2 heterocycles. The first-order valence-electron chi connectivity index (χ1n) is 10.4. The molecule has 0 saturated carbocycles. The largest absolute Gasteiger partial charge is 0.363 e. The molecule has 1 aromatic heterocycles. The molecule has 1 saturated heterocycles. The van der Waals surface area contributed by atoms with Crippen LogP contribution in [0.5, 0.6) is 0 Å². The van der Waals surface area contributed by atoms with E-state index >= 15 is 0 Å². The van der Waals surface area contributed by atoms with E-state index in [9.17, 15) is 9.59 Å². The number of ketones is 2. The van der Waals surface area contributed by atoms with Crippen LogP contribution in [0.25, 0.3) is 11.3 Å². The average molecular weight is 472 g/mol. The molecule has 32 heavy (non-hydrogen) atoms. The minimum atomic E-state index is -0.0603. The first kappa shape index (κ1) is 22.7. The first-order valence-corrected chi connectivity index (χ1v) is 11.1. The van der Waals surface area contributed by atoms with Crippen LogP contribution in [0.15, 0.2) is 53.3 Å². The van der Waals surface area contributed by atoms with Crippen LogP contribution in [-0.4, -0.2) is 59.2 Å². The summed E-state index contributed by atoms with van der Waals surface area (Å²) in [6, 6.07) is 12.8. The van der Waals surface area contributed by atoms with E-state index in [2.05, 4.69) is 15.0 Å². The van der Waals surface area contributed by atoms with Gasteiger partial charge in [0.25, 0.3) is 0 Å². The van der Waals surface area contributed by atoms with Crippen LogP contribution in [0.1, 0.15) is 33.2 Å². The quantitative estimate of drug-likeness (QED) is 0.458. The summed E-state index contributed by atoms with van der Waals surface area (Å²) >= 11 is 12.3. The van der Waals surface area contributed by atoms with E-state index in [4.69, 9.17) is 27.7 Å². The zero-order valence-corrected chi connectivity index (χ0v) is 19.2. The molecule has 0 N–H and O–H groups in total. The van der Waals surface area contributed by atoms with E-state index in [1.165, 1.54) is 6.26 Å². The highest BCUT2D eigenvalue weighted by atomic mass is 35.5. The minimum Gasteiger partial charge on any atom is -0.363 e. The molecular weight excluding hydrogens is 449 g/mol. The third-order valence-corrected chi connectivity index (χ3v) is 6.18. The molecule has 2 aromatic carbocycles. The second-order valence-corrected chi connectivity index (χ2v) is 8.78. The van der Waals surface area contributed by atoms with Crippen LogP contribution >= 0.6 is 23.2 Å². The molecule has 1 aliphatic heterocycles. The number of benzene rings is 2. The van der Waals surface area contributed by atoms with Gasteiger partial charge in [-0.25, -0.2) is 0 Å². The monoisotopic (exact) mass is 471 g/mol. The third kappa shape index (κ3) is 5.27. The second-order valence-electron chi connectivity index (χ2n) is 7.93. The zero-order valence-electron chi connectivity index (χ0n) is 17.7. The fourth-order valence-electron chi connectivity index (χ4n) is 3.85. The molecule has 8 heteroatoms. The van der Waals surface area contributed by atoms with Crippen molar-refractivity contribution >= 4 is 34.8 Å². The zero-order chi connectivity index (χ0) is 22.7. The maximum atomic E-state index is 13.0. The SMILES string of the molecule is CC(=O)c1cccc(CN2CCN(CC(=O)c3conc3-c3ccc(Cl)cc3Cl)CC2)c1. The van der Waals surface area contributed by atoms with Crippen molar-refractivity contribution in [2.24, 2.45) is 0 Å². The number of halogens is 2. The molecule has 3 aromatic rings. The van der Waals surface area contributed by atoms with Crippen molar-refractivity contribution in [3.8, 4) is 11.3 Å². The fourth-order valence-corrected chi connectivity index (χ4v) is 4.35. The summed E-state index contributed by atoms with van der Waals surface area (Å²) in [6.45, 7) is 5.90. The maximum absolute atomic E-state index is 13.0. The molecule has 0 radical (unpaired) electrons. The number of carbonyl (C=O) groups excluding carboxylic acids is 2. The van der Waals surface area contributed by atoms with Gasteiger partial charge in [-0.3, -0.25) is 19.4 Å². The van der Waals surface area contributed by atoms with Crippen LogP contribution in [0.2, 0.25) is 10.0 Å². The predicted octanol–water partition coefficient (Wildman–Crippen LogP) is 4.85. The molecule has 1 aliphatic rings. The second kappa shape index (κ2) is 9.96. The van der Waals surface area contributed by atoms with E-state index in [0.717, 1.165) is 43.9 Å². The van der Waals surface area contributed by atoms with Gasteiger partial charge in [0.05, 0.1) is 17.1 Å². The van der Waals surface area contributed by atoms with Gasteiger partial charge in [0.1, 0.15) is 12.0 Å². The number of hydrogen-bond donors (Lipinski definition) is 0. The van der Waals surface area contributed by atoms with Crippen molar-refractivity contribution in [1.82, 2.24) is 15.0 Å². The van der Waals surface area contributed by atoms with E-state index in [0.29, 0.717) is 26.9 Å². The maximum Gasteiger partial charge on any atom is 0.182 e. The van der Waals surface area contributed by atoms with Gasteiger partial charge in [0.15, 0.2) is 11.6 Å². The van der Waals surface area contributed by atoms with Crippen molar-refractivity contribution < 1.29 is 14.1 Å². The molecule has 0 bridgehead atoms. The number of nitrogens with zero attached hydrogens (tertiary/aromatic N) is 3. The van der Waals surface area contributed by atoms with Gasteiger partial charge in [-0.1, -0.05) is 46.6 Å². The molecular formula is C24H23Cl2N3O3. The number of Topliss-reactive ketones (excluding diaryl/α,β-unsaturated/α-hetero) is 2. The highest BCUT2D eigenvalue weighted by Crippen LogP contribution is 2.31. The number of hydrogen-bond acceptors (Lipinski definition) is 6. The van der Waals surface area contributed by atoms with Gasteiger partial charge in [0, 0.05) is 48.9 Å². The Kier molecular flexibility index (Phi) is 7.06. The Labute approximate surface area is 196 Å². The lowest BCUT2D eigenvalue weighted by molar-refractivity contribution is 0.0843. The number of aromatic nitrogens is 1. The highest BCUT2D eigenvalue weighted by molar-refractivity contribution is 6.36. The topological polar surface area (TPSA) is 66.7 Å². The van der Waals surface area contributed by atoms with Crippen molar-refractivity contribution in [2.45, 2.75) is 13.5 Å². The van der Waals surface area contributed by atoms with Crippen LogP contribution in [0.3, 0.4) is 0 Å². The Morgan fingerprint density at radius 2 is 1.78 bits per heavy atom. The fraction of sp³-hybridized carbons (Fsp3) is 0.292. The van der Waals surface area contributed by atoms with Crippen LogP contribution in [0, 0.1) is 0 Å². The predicted molar refractivity (Wildman–Crippen MR) is 124 cm³/mol. The van der Waals surface area contributed by atoms with Crippen LogP contribution in [-0.2, 0) is 6.54 Å². The van der Waals surface area contributed by atoms with Gasteiger partial charge >= 0.3 is 0 Å². The van der Waals surface area contributed by atoms with Gasteiger partial charge < -0.3 is 4.52 Å². The van der Waals surface area contributed by atoms with E-state index in [1.54, 1.807) is 25.1 Å². The number of rotatable bonds is 7. The summed E-state index contributed by atoms with van der Waals surface area (Å²) < 4.78 is 5.09. The molecule has 4 rings (SSSR count). The summed E-state index contributed by atoms with van der Waals surface area (Å²) in [5.41, 5.74) is 3.32. The molecule has 0 unspecified atom stereocenters. The van der Waals surface area contributed by atoms with Crippen LogP contribution in [0.4, 0.5) is 0 Å². The van der Waals surface area contributed by atoms with Gasteiger partial charge in [-0.05, 0) is 36.8 Å². The lowest BCUT2D eigenvalue weighted by atomic mass is 10.0. The Hall–Kier alpha value is -2.51. The van der Waals surface area contributed by atoms with Crippen molar-refractivity contribution in [1.29, 1.82) is 0 Å². The lowest BCUT2D eigenvalue weighted by Gasteiger charge is -2.34. The molecule has 6 nitrogen and oxygen atoms in total. The van der Waals surface area contributed by atoms with E-state index in [1.807, 2.05) is 24.3 Å². The normalized spacial score (nSPS) is 15.1. The van der Waals surface area contributed by atoms with E-state index in [-0.39, 0.29) is 18.1 Å². The summed E-state index contributed by atoms with van der Waals surface area (Å²) in [7, 11) is 0. The Bertz CT molecular complexity index is 1140. The molecule has 0 atom stereocenters. The van der Waals surface area contributed by atoms with Gasteiger partial charge in [-0.15, -0.1) is 0 Å². The van der Waals surface area contributed by atoms with Crippen molar-refractivity contribution in [3.63, 3.8) is 0 Å². The molecule has 1 fully saturated rings. The number of carbonyl (C=O) groups is 2. The molecule has 166 valence electrons. The Morgan fingerprint density at radius 1 is 1.03 bits per heavy atom. The molecule has 0 amide bonds. The van der Waals surface area contributed by atoms with Crippen molar-refractivity contribution in [3.05, 3.63) is 75.5 Å². The highest BCUT2D eigenvalue weighted by Gasteiger charge is 2.24. The van der Waals surface area contributed by atoms with Gasteiger partial charge in [0.2, 0.25) is 0 Å². The average Bonchev–Trinajstić information content (AvgIpc) is 3.25. The minimum absolute atomic E-state index is 0.0603. The standard InChI is InChI=1S/C24H23Cl2N3O3/c1-16(30)18-4-2-3-17(11-18)13-28-7-9-29(10-8-28)14-23(31)21-15-32-27-24(21)20-6-5-19(25)12-22(20)26/h2-6,11-12,15H,7-10,13-14H2,1H3. The third-order valence-electron chi connectivity index (χ3n) is 5.63. The lowest BCUT2D eigenvalue weighted by Crippen LogP contribution is -2.47. The molecule has 0 aliphatic carbocycles. The molecule has 0 spiro atoms. The van der Waals surface area contributed by atoms with Crippen LogP contribution < -0.4 is 0 Å². The smallest absolute Gasteiger partial charge is 0.182 e. The van der Waals surface area contributed by atoms with Gasteiger partial charge in [-0.2, -0.15) is 0 Å². The summed E-state index contributed by atoms with van der Waals surface area (Å²) in [4.78, 5) is 29.0. The Balaban J connectivity index is 1.35. The summed E-state index contributed by atoms with van der Waals surface area (Å²) in [5, 5.41) is 4.93. The first-order chi connectivity index (χ1) is 15.4. The number of piperazine rings is 1. The van der Waals surface area contributed by atoms with Crippen molar-refractivity contribution in [2.75, 3.05) is 32.7 Å². The Morgan fingerprint density at radius 3 is 2.50 bits per heavy atom. The van der Waals surface area contributed by atoms with E-state index < -0.39 is 0 Å².